The normalized spacial score (nSPS) is 14.1. The predicted molar refractivity (Wildman–Crippen MR) is 231 cm³/mol. The Labute approximate surface area is 342 Å². The van der Waals surface area contributed by atoms with E-state index in [2.05, 4.69) is 54.1 Å². The highest BCUT2D eigenvalue weighted by atomic mass is 35.5. The minimum absolute atomic E-state index is 0.0842. The molecule has 7 rings (SSSR count). The van der Waals surface area contributed by atoms with E-state index in [1.54, 1.807) is 17.8 Å². The van der Waals surface area contributed by atoms with E-state index in [0.29, 0.717) is 28.2 Å². The van der Waals surface area contributed by atoms with Crippen molar-refractivity contribution in [3.63, 3.8) is 0 Å². The van der Waals surface area contributed by atoms with E-state index >= 15 is 0 Å². The number of likely N-dealkylation sites (N-methyl/N-ethyl adjacent to an activating group) is 1. The minimum Gasteiger partial charge on any atom is -0.375 e. The van der Waals surface area contributed by atoms with Gasteiger partial charge in [-0.25, -0.2) is 18.4 Å². The maximum Gasteiger partial charge on any atom is 0.293 e. The molecule has 2 N–H and O–H groups in total. The third-order valence-corrected chi connectivity index (χ3v) is 12.5. The number of nitrogens with one attached hydrogen (secondary N) is 2. The van der Waals surface area contributed by atoms with E-state index in [1.807, 2.05) is 85.7 Å². The van der Waals surface area contributed by atoms with E-state index in [9.17, 15) is 18.5 Å². The maximum absolute atomic E-state index is 13.7. The zero-order valence-electron chi connectivity index (χ0n) is 31.6. The molecule has 0 radical (unpaired) electrons. The molecule has 0 spiro atoms. The number of halogens is 1. The van der Waals surface area contributed by atoms with E-state index < -0.39 is 14.9 Å². The van der Waals surface area contributed by atoms with Gasteiger partial charge in [-0.3, -0.25) is 19.7 Å². The minimum atomic E-state index is -4.27. The number of sulfonamides is 1. The molecule has 57 heavy (non-hydrogen) atoms. The highest BCUT2D eigenvalue weighted by Crippen LogP contribution is 2.33. The number of fused-ring (bicyclic) bond motifs is 1. The first-order valence-corrected chi connectivity index (χ1v) is 21.3. The first-order chi connectivity index (χ1) is 27.5. The standard InChI is InChI=1S/C42H43ClN8O4S2/c1-48(2)27-33(28-56-35-11-7-4-8-12-35)46-39-18-15-36(25-41(39)51(52)53)57(54,55)47-42-38-17-14-34(24-40(38)44-29-45-42)50-21-19-49(20-22-50)26-31-23-32(43)13-16-37(31)30-9-5-3-6-10-30/h3-18,23-25,29,33,46H,19-22,26-28H2,1-2H3,(H,44,45,47)/t33-/m1/s1. The van der Waals surface area contributed by atoms with Crippen LogP contribution in [0.2, 0.25) is 5.02 Å². The molecule has 1 aliphatic rings. The van der Waals surface area contributed by atoms with Gasteiger partial charge in [-0.2, -0.15) is 0 Å². The molecular formula is C42H43ClN8O4S2. The molecule has 2 heterocycles. The summed E-state index contributed by atoms with van der Waals surface area (Å²) in [6.45, 7) is 4.66. The van der Waals surface area contributed by atoms with Crippen LogP contribution in [-0.4, -0.2) is 91.7 Å². The number of thioether (sulfide) groups is 1. The molecular weight excluding hydrogens is 780 g/mol. The Kier molecular flexibility index (Phi) is 12.6. The number of nitro benzene ring substituents is 1. The molecule has 1 saturated heterocycles. The maximum atomic E-state index is 13.7. The van der Waals surface area contributed by atoms with Gasteiger partial charge in [0.05, 0.1) is 15.3 Å². The molecule has 1 aromatic heterocycles. The fourth-order valence-corrected chi connectivity index (χ4v) is 9.15. The van der Waals surface area contributed by atoms with Gasteiger partial charge in [0.15, 0.2) is 5.82 Å². The summed E-state index contributed by atoms with van der Waals surface area (Å²) in [5, 5.41) is 16.8. The summed E-state index contributed by atoms with van der Waals surface area (Å²) in [4.78, 5) is 27.9. The Morgan fingerprint density at radius 2 is 1.63 bits per heavy atom. The van der Waals surface area contributed by atoms with Crippen LogP contribution in [0.3, 0.4) is 0 Å². The van der Waals surface area contributed by atoms with Gasteiger partial charge < -0.3 is 15.1 Å². The van der Waals surface area contributed by atoms with Crippen LogP contribution in [0.4, 0.5) is 22.9 Å². The molecule has 0 unspecified atom stereocenters. The number of rotatable bonds is 15. The lowest BCUT2D eigenvalue weighted by Gasteiger charge is -2.36. The fraction of sp³-hybridized carbons (Fsp3) is 0.238. The second-order valence-corrected chi connectivity index (χ2v) is 17.3. The molecule has 0 bridgehead atoms. The molecule has 0 saturated carbocycles. The molecule has 1 aliphatic heterocycles. The van der Waals surface area contributed by atoms with E-state index in [1.165, 1.54) is 29.6 Å². The van der Waals surface area contributed by atoms with Crippen molar-refractivity contribution in [2.45, 2.75) is 22.4 Å². The second-order valence-electron chi connectivity index (χ2n) is 14.1. The summed E-state index contributed by atoms with van der Waals surface area (Å²) in [6, 6.07) is 35.7. The molecule has 0 aliphatic carbocycles. The van der Waals surface area contributed by atoms with Gasteiger partial charge in [-0.15, -0.1) is 11.8 Å². The van der Waals surface area contributed by atoms with E-state index in [-0.39, 0.29) is 28.1 Å². The van der Waals surface area contributed by atoms with Crippen molar-refractivity contribution in [3.05, 3.63) is 142 Å². The number of anilines is 3. The third kappa shape index (κ3) is 10.0. The number of piperazine rings is 1. The van der Waals surface area contributed by atoms with Crippen LogP contribution in [0.1, 0.15) is 5.56 Å². The molecule has 15 heteroatoms. The molecule has 5 aromatic carbocycles. The lowest BCUT2D eigenvalue weighted by molar-refractivity contribution is -0.384. The molecule has 1 atom stereocenters. The van der Waals surface area contributed by atoms with Crippen molar-refractivity contribution >= 4 is 67.2 Å². The zero-order valence-corrected chi connectivity index (χ0v) is 34.0. The summed E-state index contributed by atoms with van der Waals surface area (Å²) >= 11 is 8.06. The monoisotopic (exact) mass is 822 g/mol. The van der Waals surface area contributed by atoms with Crippen LogP contribution < -0.4 is 14.9 Å². The van der Waals surface area contributed by atoms with Crippen LogP contribution in [0.25, 0.3) is 22.0 Å². The van der Waals surface area contributed by atoms with Crippen LogP contribution in [0, 0.1) is 10.1 Å². The Hall–Kier alpha value is -5.25. The lowest BCUT2D eigenvalue weighted by Crippen LogP contribution is -2.46. The number of nitro groups is 1. The van der Waals surface area contributed by atoms with Crippen molar-refractivity contribution < 1.29 is 13.3 Å². The zero-order chi connectivity index (χ0) is 39.9. The number of aromatic nitrogens is 2. The molecule has 12 nitrogen and oxygen atoms in total. The second kappa shape index (κ2) is 17.9. The Balaban J connectivity index is 1.03. The quantitative estimate of drug-likeness (QED) is 0.0591. The Morgan fingerprint density at radius 1 is 0.895 bits per heavy atom. The van der Waals surface area contributed by atoms with Crippen molar-refractivity contribution in [1.82, 2.24) is 19.8 Å². The largest absolute Gasteiger partial charge is 0.375 e. The SMILES string of the molecule is CN(C)C[C@H](CSc1ccccc1)Nc1ccc(S(=O)(=O)Nc2ncnc3cc(N4CCN(Cc5cc(Cl)ccc5-c5ccccc5)CC4)ccc23)cc1[N+](=O)[O-]. The van der Waals surface area contributed by atoms with E-state index in [0.717, 1.165) is 54.9 Å². The van der Waals surface area contributed by atoms with E-state index in [4.69, 9.17) is 11.6 Å². The summed E-state index contributed by atoms with van der Waals surface area (Å²) in [7, 11) is -0.402. The van der Waals surface area contributed by atoms with Gasteiger partial charge in [0.1, 0.15) is 12.0 Å². The highest BCUT2D eigenvalue weighted by molar-refractivity contribution is 7.99. The average molecular weight is 823 g/mol. The Bertz CT molecular complexity index is 2450. The molecule has 6 aromatic rings. The topological polar surface area (TPSA) is 137 Å². The molecule has 294 valence electrons. The van der Waals surface area contributed by atoms with Gasteiger partial charge in [-0.1, -0.05) is 66.2 Å². The number of nitrogens with zero attached hydrogens (tertiary/aromatic N) is 6. The van der Waals surface area contributed by atoms with Crippen LogP contribution in [0.5, 0.6) is 0 Å². The molecule has 1 fully saturated rings. The van der Waals surface area contributed by atoms with Crippen molar-refractivity contribution in [2.75, 3.05) is 67.5 Å². The summed E-state index contributed by atoms with van der Waals surface area (Å²) in [5.41, 5.74) is 4.95. The van der Waals surface area contributed by atoms with Crippen molar-refractivity contribution in [1.29, 1.82) is 0 Å². The fourth-order valence-electron chi connectivity index (χ4n) is 6.97. The van der Waals surface area contributed by atoms with Gasteiger partial charge in [0.2, 0.25) is 0 Å². The first kappa shape index (κ1) is 40.0. The highest BCUT2D eigenvalue weighted by Gasteiger charge is 2.25. The molecule has 0 amide bonds. The van der Waals surface area contributed by atoms with Crippen molar-refractivity contribution in [3.8, 4) is 11.1 Å². The summed E-state index contributed by atoms with van der Waals surface area (Å²) in [6.07, 6.45) is 1.31. The van der Waals surface area contributed by atoms with Crippen LogP contribution >= 0.6 is 23.4 Å². The van der Waals surface area contributed by atoms with Crippen molar-refractivity contribution in [2.24, 2.45) is 0 Å². The number of hydrogen-bond donors (Lipinski definition) is 2. The van der Waals surface area contributed by atoms with Gasteiger partial charge in [-0.05, 0) is 85.4 Å². The third-order valence-electron chi connectivity index (χ3n) is 9.75. The Morgan fingerprint density at radius 3 is 2.35 bits per heavy atom. The van der Waals surface area contributed by atoms with Crippen LogP contribution in [0.15, 0.2) is 131 Å². The van der Waals surface area contributed by atoms with Crippen LogP contribution in [-0.2, 0) is 16.6 Å². The first-order valence-electron chi connectivity index (χ1n) is 18.5. The van der Waals surface area contributed by atoms with Gasteiger partial charge in [0, 0.05) is 78.1 Å². The summed E-state index contributed by atoms with van der Waals surface area (Å²) < 4.78 is 30.0. The summed E-state index contributed by atoms with van der Waals surface area (Å²) in [5.74, 6) is 0.723. The smallest absolute Gasteiger partial charge is 0.293 e. The van der Waals surface area contributed by atoms with Gasteiger partial charge in [0.25, 0.3) is 15.7 Å². The average Bonchev–Trinajstić information content (AvgIpc) is 3.20. The number of benzene rings is 5. The number of hydrogen-bond acceptors (Lipinski definition) is 11. The predicted octanol–water partition coefficient (Wildman–Crippen LogP) is 8.12. The van der Waals surface area contributed by atoms with Gasteiger partial charge >= 0.3 is 0 Å². The lowest BCUT2D eigenvalue weighted by atomic mass is 9.99.